The maximum atomic E-state index is 5.55. The van der Waals surface area contributed by atoms with Gasteiger partial charge in [-0.25, -0.2) is 0 Å². The van der Waals surface area contributed by atoms with Gasteiger partial charge in [0.15, 0.2) is 0 Å². The van der Waals surface area contributed by atoms with Crippen LogP contribution >= 0.6 is 0 Å². The second kappa shape index (κ2) is 5.74. The molecule has 0 saturated carbocycles. The minimum atomic E-state index is 0.344. The summed E-state index contributed by atoms with van der Waals surface area (Å²) in [4.78, 5) is 2.65. The van der Waals surface area contributed by atoms with Crippen molar-refractivity contribution in [3.63, 3.8) is 0 Å². The van der Waals surface area contributed by atoms with Gasteiger partial charge in [0.05, 0.1) is 7.11 Å². The molecule has 0 aromatic heterocycles. The number of hydrogen-bond donors (Lipinski definition) is 1. The predicted molar refractivity (Wildman–Crippen MR) is 82.3 cm³/mol. The highest BCUT2D eigenvalue weighted by Gasteiger charge is 2.37. The minimum Gasteiger partial charge on any atom is -0.496 e. The first kappa shape index (κ1) is 13.9. The summed E-state index contributed by atoms with van der Waals surface area (Å²) in [5, 5.41) is 3.84. The number of ether oxygens (including phenoxy) is 1. The lowest BCUT2D eigenvalue weighted by Gasteiger charge is -2.26. The third-order valence-electron chi connectivity index (χ3n) is 4.93. The molecule has 2 aliphatic rings. The molecular weight excluding hydrogens is 248 g/mol. The molecule has 3 heteroatoms. The molecule has 3 atom stereocenters. The number of benzene rings is 1. The summed E-state index contributed by atoms with van der Waals surface area (Å²) in [6.07, 6.45) is 4.00. The van der Waals surface area contributed by atoms with Crippen LogP contribution in [-0.4, -0.2) is 37.2 Å². The predicted octanol–water partition coefficient (Wildman–Crippen LogP) is 2.89. The molecule has 2 saturated heterocycles. The molecule has 2 heterocycles. The summed E-state index contributed by atoms with van der Waals surface area (Å²) in [6.45, 7) is 6.92. The number of hydrogen-bond acceptors (Lipinski definition) is 3. The summed E-state index contributed by atoms with van der Waals surface area (Å²) in [5.41, 5.74) is 2.52. The van der Waals surface area contributed by atoms with Crippen LogP contribution in [0.2, 0.25) is 0 Å². The van der Waals surface area contributed by atoms with Crippen molar-refractivity contribution in [2.75, 3.05) is 20.2 Å². The van der Waals surface area contributed by atoms with Gasteiger partial charge in [0.1, 0.15) is 5.75 Å². The van der Waals surface area contributed by atoms with Crippen molar-refractivity contribution in [3.05, 3.63) is 29.3 Å². The molecule has 3 rings (SSSR count). The van der Waals surface area contributed by atoms with E-state index in [1.165, 1.54) is 43.5 Å². The van der Waals surface area contributed by atoms with E-state index in [0.29, 0.717) is 12.1 Å². The molecule has 3 nitrogen and oxygen atoms in total. The quantitative estimate of drug-likeness (QED) is 0.913. The molecular formula is C17H26N2O. The largest absolute Gasteiger partial charge is 0.496 e. The van der Waals surface area contributed by atoms with Crippen LogP contribution in [0.1, 0.15) is 43.4 Å². The van der Waals surface area contributed by atoms with Crippen LogP contribution in [0.4, 0.5) is 0 Å². The topological polar surface area (TPSA) is 24.5 Å². The molecule has 2 aliphatic heterocycles. The zero-order chi connectivity index (χ0) is 14.1. The van der Waals surface area contributed by atoms with Gasteiger partial charge in [-0.3, -0.25) is 4.90 Å². The van der Waals surface area contributed by atoms with Crippen LogP contribution in [-0.2, 0) is 0 Å². The summed E-state index contributed by atoms with van der Waals surface area (Å²) in [7, 11) is 1.76. The van der Waals surface area contributed by atoms with Crippen molar-refractivity contribution in [2.24, 2.45) is 0 Å². The average Bonchev–Trinajstić information content (AvgIpc) is 3.03. The third kappa shape index (κ3) is 2.57. The summed E-state index contributed by atoms with van der Waals surface area (Å²) in [6, 6.07) is 8.24. The van der Waals surface area contributed by atoms with E-state index in [9.17, 15) is 0 Å². The summed E-state index contributed by atoms with van der Waals surface area (Å²) >= 11 is 0. The fourth-order valence-corrected chi connectivity index (χ4v) is 3.86. The zero-order valence-corrected chi connectivity index (χ0v) is 12.9. The van der Waals surface area contributed by atoms with E-state index in [2.05, 4.69) is 42.3 Å². The molecule has 0 amide bonds. The lowest BCUT2D eigenvalue weighted by atomic mass is 10.0. The highest BCUT2D eigenvalue weighted by atomic mass is 16.5. The molecule has 0 radical (unpaired) electrons. The van der Waals surface area contributed by atoms with Crippen molar-refractivity contribution < 1.29 is 4.74 Å². The molecule has 1 aromatic carbocycles. The van der Waals surface area contributed by atoms with Gasteiger partial charge >= 0.3 is 0 Å². The Hall–Kier alpha value is -1.06. The Morgan fingerprint density at radius 3 is 2.95 bits per heavy atom. The SMILES string of the molecule is COc1cc(C)ccc1C(C)NC1CCN2CCCC12. The molecule has 20 heavy (non-hydrogen) atoms. The van der Waals surface area contributed by atoms with Crippen molar-refractivity contribution in [1.82, 2.24) is 10.2 Å². The number of fused-ring (bicyclic) bond motifs is 1. The molecule has 0 bridgehead atoms. The first-order valence-corrected chi connectivity index (χ1v) is 7.83. The van der Waals surface area contributed by atoms with E-state index >= 15 is 0 Å². The van der Waals surface area contributed by atoms with Crippen LogP contribution in [0.15, 0.2) is 18.2 Å². The molecule has 0 aliphatic carbocycles. The average molecular weight is 274 g/mol. The second-order valence-corrected chi connectivity index (χ2v) is 6.27. The highest BCUT2D eigenvalue weighted by Crippen LogP contribution is 2.31. The summed E-state index contributed by atoms with van der Waals surface area (Å²) < 4.78 is 5.55. The Bertz CT molecular complexity index is 474. The van der Waals surface area contributed by atoms with Crippen molar-refractivity contribution >= 4 is 0 Å². The molecule has 2 fully saturated rings. The van der Waals surface area contributed by atoms with E-state index in [4.69, 9.17) is 4.74 Å². The third-order valence-corrected chi connectivity index (χ3v) is 4.93. The Morgan fingerprint density at radius 1 is 1.30 bits per heavy atom. The highest BCUT2D eigenvalue weighted by molar-refractivity contribution is 5.39. The molecule has 110 valence electrons. The lowest BCUT2D eigenvalue weighted by Crippen LogP contribution is -2.40. The number of methoxy groups -OCH3 is 1. The van der Waals surface area contributed by atoms with Crippen LogP contribution in [0, 0.1) is 6.92 Å². The Labute approximate surface area is 122 Å². The smallest absolute Gasteiger partial charge is 0.123 e. The van der Waals surface area contributed by atoms with E-state index in [-0.39, 0.29) is 0 Å². The lowest BCUT2D eigenvalue weighted by molar-refractivity contribution is 0.290. The Morgan fingerprint density at radius 2 is 2.15 bits per heavy atom. The number of nitrogens with zero attached hydrogens (tertiary/aromatic N) is 1. The number of rotatable bonds is 4. The monoisotopic (exact) mass is 274 g/mol. The number of aryl methyl sites for hydroxylation is 1. The summed E-state index contributed by atoms with van der Waals surface area (Å²) in [5.74, 6) is 1.01. The second-order valence-electron chi connectivity index (χ2n) is 6.27. The van der Waals surface area contributed by atoms with Gasteiger partial charge in [-0.2, -0.15) is 0 Å². The first-order valence-electron chi connectivity index (χ1n) is 7.83. The Kier molecular flexibility index (Phi) is 3.99. The van der Waals surface area contributed by atoms with Crippen LogP contribution in [0.3, 0.4) is 0 Å². The number of nitrogens with one attached hydrogen (secondary N) is 1. The zero-order valence-electron chi connectivity index (χ0n) is 12.9. The Balaban J connectivity index is 1.71. The van der Waals surface area contributed by atoms with Gasteiger partial charge in [0.25, 0.3) is 0 Å². The molecule has 3 unspecified atom stereocenters. The fourth-order valence-electron chi connectivity index (χ4n) is 3.86. The standard InChI is InChI=1S/C17H26N2O/c1-12-6-7-14(17(11-12)20-3)13(2)18-15-8-10-19-9-4-5-16(15)19/h6-7,11,13,15-16,18H,4-5,8-10H2,1-3H3. The van der Waals surface area contributed by atoms with Crippen molar-refractivity contribution in [3.8, 4) is 5.75 Å². The molecule has 1 aromatic rings. The first-order chi connectivity index (χ1) is 9.69. The molecule has 1 N–H and O–H groups in total. The fraction of sp³-hybridized carbons (Fsp3) is 0.647. The maximum absolute atomic E-state index is 5.55. The molecule has 0 spiro atoms. The van der Waals surface area contributed by atoms with Crippen LogP contribution in [0.25, 0.3) is 0 Å². The van der Waals surface area contributed by atoms with Gasteiger partial charge < -0.3 is 10.1 Å². The van der Waals surface area contributed by atoms with Gasteiger partial charge in [-0.1, -0.05) is 12.1 Å². The van der Waals surface area contributed by atoms with Crippen LogP contribution in [0.5, 0.6) is 5.75 Å². The van der Waals surface area contributed by atoms with Crippen LogP contribution < -0.4 is 10.1 Å². The minimum absolute atomic E-state index is 0.344. The van der Waals surface area contributed by atoms with Crippen molar-refractivity contribution in [1.29, 1.82) is 0 Å². The van der Waals surface area contributed by atoms with Gasteiger partial charge in [0.2, 0.25) is 0 Å². The maximum Gasteiger partial charge on any atom is 0.123 e. The van der Waals surface area contributed by atoms with Gasteiger partial charge in [-0.05, 0) is 51.3 Å². The normalized spacial score (nSPS) is 27.6. The van der Waals surface area contributed by atoms with Gasteiger partial charge in [-0.15, -0.1) is 0 Å². The van der Waals surface area contributed by atoms with Gasteiger partial charge in [0, 0.05) is 30.2 Å². The van der Waals surface area contributed by atoms with Crippen molar-refractivity contribution in [2.45, 2.75) is 51.2 Å². The van der Waals surface area contributed by atoms with E-state index in [0.717, 1.165) is 11.8 Å². The van der Waals surface area contributed by atoms with E-state index in [1.807, 2.05) is 0 Å². The van der Waals surface area contributed by atoms with E-state index < -0.39 is 0 Å². The van der Waals surface area contributed by atoms with E-state index in [1.54, 1.807) is 7.11 Å².